The third kappa shape index (κ3) is 3.69. The minimum Gasteiger partial charge on any atom is -0.456 e. The Kier molecular flexibility index (Phi) is 5.02. The average molecular weight is 528 g/mol. The SMILES string of the molecule is N=C1C=Cc2ccc3ccc(-c4nc(-c5ccccc5)nc(-c5cccc6oc7ccccc7c56)n4)cc3c2C1=N. The smallest absolute Gasteiger partial charge is 0.164 e. The fraction of sp³-hybridized carbons (Fsp3) is 0. The minimum absolute atomic E-state index is 0.199. The first kappa shape index (κ1) is 23.2. The Hall–Kier alpha value is -5.75. The number of benzene rings is 5. The molecule has 41 heavy (non-hydrogen) atoms. The average Bonchev–Trinajstić information content (AvgIpc) is 3.41. The summed E-state index contributed by atoms with van der Waals surface area (Å²) in [5.74, 6) is 1.66. The first-order chi connectivity index (χ1) is 20.1. The molecule has 0 amide bonds. The van der Waals surface area contributed by atoms with Gasteiger partial charge in [-0.1, -0.05) is 91.0 Å². The van der Waals surface area contributed by atoms with E-state index in [0.29, 0.717) is 17.5 Å². The summed E-state index contributed by atoms with van der Waals surface area (Å²) in [6.07, 6.45) is 3.57. The van der Waals surface area contributed by atoms with E-state index in [1.807, 2.05) is 103 Å². The van der Waals surface area contributed by atoms with Crippen molar-refractivity contribution in [2.24, 2.45) is 0 Å². The summed E-state index contributed by atoms with van der Waals surface area (Å²) in [5, 5.41) is 20.7. The molecule has 0 saturated heterocycles. The van der Waals surface area contributed by atoms with Crippen molar-refractivity contribution in [2.75, 3.05) is 0 Å². The van der Waals surface area contributed by atoms with Crippen LogP contribution < -0.4 is 0 Å². The lowest BCUT2D eigenvalue weighted by Crippen LogP contribution is -2.16. The zero-order chi connectivity index (χ0) is 27.5. The molecule has 192 valence electrons. The number of furan rings is 1. The van der Waals surface area contributed by atoms with E-state index in [4.69, 9.17) is 30.2 Å². The van der Waals surface area contributed by atoms with Crippen LogP contribution in [0.1, 0.15) is 11.1 Å². The quantitative estimate of drug-likeness (QED) is 0.241. The normalized spacial score (nSPS) is 12.9. The Bertz CT molecular complexity index is 2250. The van der Waals surface area contributed by atoms with E-state index < -0.39 is 0 Å². The fourth-order valence-corrected chi connectivity index (χ4v) is 5.59. The van der Waals surface area contributed by atoms with E-state index in [0.717, 1.165) is 60.5 Å². The highest BCUT2D eigenvalue weighted by Crippen LogP contribution is 2.37. The van der Waals surface area contributed by atoms with Crippen LogP contribution in [-0.2, 0) is 0 Å². The van der Waals surface area contributed by atoms with E-state index >= 15 is 0 Å². The van der Waals surface area contributed by atoms with Crippen molar-refractivity contribution in [1.82, 2.24) is 15.0 Å². The topological polar surface area (TPSA) is 99.5 Å². The summed E-state index contributed by atoms with van der Waals surface area (Å²) >= 11 is 0. The van der Waals surface area contributed by atoms with Crippen LogP contribution in [0.4, 0.5) is 0 Å². The standard InChI is InChI=1S/C35H21N5O/c36-27-18-17-21-15-13-20-14-16-23(19-26(20)30(21)32(27)37)34-38-33(22-7-2-1-3-8-22)39-35(40-34)25-10-6-12-29-31(25)24-9-4-5-11-28(24)41-29/h1-19,36-37H. The molecule has 5 aromatic carbocycles. The molecule has 0 aliphatic heterocycles. The second-order valence-corrected chi connectivity index (χ2v) is 10.0. The van der Waals surface area contributed by atoms with E-state index in [1.165, 1.54) is 0 Å². The van der Waals surface area contributed by atoms with Crippen molar-refractivity contribution in [3.63, 3.8) is 0 Å². The first-order valence-electron chi connectivity index (χ1n) is 13.3. The summed E-state index contributed by atoms with van der Waals surface area (Å²) in [6, 6.07) is 33.9. The number of nitrogens with one attached hydrogen (secondary N) is 2. The van der Waals surface area contributed by atoms with Gasteiger partial charge in [0.25, 0.3) is 0 Å². The van der Waals surface area contributed by atoms with Gasteiger partial charge in [-0.25, -0.2) is 15.0 Å². The molecule has 0 unspecified atom stereocenters. The van der Waals surface area contributed by atoms with Gasteiger partial charge in [0.1, 0.15) is 11.2 Å². The van der Waals surface area contributed by atoms with Gasteiger partial charge in [0.2, 0.25) is 0 Å². The maximum Gasteiger partial charge on any atom is 0.164 e. The molecule has 2 aromatic heterocycles. The van der Waals surface area contributed by atoms with Crippen LogP contribution in [0, 0.1) is 10.8 Å². The van der Waals surface area contributed by atoms with Crippen LogP contribution in [-0.4, -0.2) is 26.4 Å². The minimum atomic E-state index is 0.199. The van der Waals surface area contributed by atoms with Gasteiger partial charge >= 0.3 is 0 Å². The van der Waals surface area contributed by atoms with Gasteiger partial charge < -0.3 is 4.42 Å². The van der Waals surface area contributed by atoms with Crippen molar-refractivity contribution in [3.8, 4) is 34.2 Å². The molecule has 0 saturated carbocycles. The molecule has 0 atom stereocenters. The Morgan fingerprint density at radius 1 is 0.561 bits per heavy atom. The molecule has 7 aromatic rings. The molecular weight excluding hydrogens is 506 g/mol. The molecule has 0 bridgehead atoms. The highest BCUT2D eigenvalue weighted by Gasteiger charge is 2.20. The van der Waals surface area contributed by atoms with Crippen LogP contribution >= 0.6 is 0 Å². The highest BCUT2D eigenvalue weighted by molar-refractivity contribution is 6.53. The van der Waals surface area contributed by atoms with Crippen LogP contribution in [0.15, 0.2) is 114 Å². The number of hydrogen-bond donors (Lipinski definition) is 2. The molecule has 6 heteroatoms. The first-order valence-corrected chi connectivity index (χ1v) is 13.3. The van der Waals surface area contributed by atoms with Gasteiger partial charge in [0.05, 0.1) is 11.4 Å². The summed E-state index contributed by atoms with van der Waals surface area (Å²) in [5.41, 5.74) is 6.25. The lowest BCUT2D eigenvalue weighted by atomic mass is 9.88. The summed E-state index contributed by atoms with van der Waals surface area (Å²) in [7, 11) is 0. The van der Waals surface area contributed by atoms with Crippen LogP contribution in [0.25, 0.3) is 73.0 Å². The predicted molar refractivity (Wildman–Crippen MR) is 165 cm³/mol. The zero-order valence-electron chi connectivity index (χ0n) is 21.7. The van der Waals surface area contributed by atoms with Crippen LogP contribution in [0.5, 0.6) is 0 Å². The Morgan fingerprint density at radius 3 is 2.17 bits per heavy atom. The molecule has 2 N–H and O–H groups in total. The predicted octanol–water partition coefficient (Wildman–Crippen LogP) is 8.34. The monoisotopic (exact) mass is 527 g/mol. The third-order valence-electron chi connectivity index (χ3n) is 7.57. The molecule has 0 fully saturated rings. The maximum absolute atomic E-state index is 8.63. The van der Waals surface area contributed by atoms with Crippen molar-refractivity contribution in [3.05, 3.63) is 120 Å². The number of aromatic nitrogens is 3. The second-order valence-electron chi connectivity index (χ2n) is 10.0. The number of nitrogens with zero attached hydrogens (tertiary/aromatic N) is 3. The third-order valence-corrected chi connectivity index (χ3v) is 7.57. The van der Waals surface area contributed by atoms with Crippen LogP contribution in [0.2, 0.25) is 0 Å². The summed E-state index contributed by atoms with van der Waals surface area (Å²) in [6.45, 7) is 0. The number of rotatable bonds is 3. The van der Waals surface area contributed by atoms with Gasteiger partial charge in [-0.3, -0.25) is 10.8 Å². The molecule has 0 spiro atoms. The number of allylic oxidation sites excluding steroid dienone is 1. The van der Waals surface area contributed by atoms with Crippen molar-refractivity contribution in [1.29, 1.82) is 10.8 Å². The Balaban J connectivity index is 1.39. The van der Waals surface area contributed by atoms with Crippen molar-refractivity contribution < 1.29 is 4.42 Å². The highest BCUT2D eigenvalue weighted by atomic mass is 16.3. The van der Waals surface area contributed by atoms with Gasteiger partial charge in [-0.05, 0) is 40.6 Å². The van der Waals surface area contributed by atoms with Crippen LogP contribution in [0.3, 0.4) is 0 Å². The summed E-state index contributed by atoms with van der Waals surface area (Å²) < 4.78 is 6.15. The molecular formula is C35H21N5O. The van der Waals surface area contributed by atoms with Gasteiger partial charge in [-0.15, -0.1) is 0 Å². The van der Waals surface area contributed by atoms with Gasteiger partial charge in [-0.2, -0.15) is 0 Å². The molecule has 1 aliphatic rings. The second kappa shape index (κ2) is 8.89. The number of hydrogen-bond acceptors (Lipinski definition) is 6. The van der Waals surface area contributed by atoms with E-state index in [1.54, 1.807) is 6.08 Å². The maximum atomic E-state index is 8.63. The lowest BCUT2D eigenvalue weighted by Gasteiger charge is -2.16. The number of fused-ring (bicyclic) bond motifs is 6. The van der Waals surface area contributed by atoms with E-state index in [9.17, 15) is 0 Å². The van der Waals surface area contributed by atoms with Gasteiger partial charge in [0.15, 0.2) is 17.5 Å². The molecule has 0 radical (unpaired) electrons. The summed E-state index contributed by atoms with van der Waals surface area (Å²) in [4.78, 5) is 14.9. The number of para-hydroxylation sites is 1. The largest absolute Gasteiger partial charge is 0.456 e. The van der Waals surface area contributed by atoms with E-state index in [-0.39, 0.29) is 11.4 Å². The lowest BCUT2D eigenvalue weighted by molar-refractivity contribution is 0.669. The molecule has 2 heterocycles. The Labute approximate surface area is 234 Å². The Morgan fingerprint density at radius 2 is 1.29 bits per heavy atom. The van der Waals surface area contributed by atoms with Gasteiger partial charge in [0, 0.05) is 33.0 Å². The van der Waals surface area contributed by atoms with Crippen molar-refractivity contribution in [2.45, 2.75) is 0 Å². The molecule has 6 nitrogen and oxygen atoms in total. The fourth-order valence-electron chi connectivity index (χ4n) is 5.59. The van der Waals surface area contributed by atoms with E-state index in [2.05, 4.69) is 6.07 Å². The van der Waals surface area contributed by atoms with Crippen molar-refractivity contribution >= 4 is 50.2 Å². The molecule has 8 rings (SSSR count). The molecule has 1 aliphatic carbocycles. The zero-order valence-corrected chi connectivity index (χ0v) is 21.7.